The van der Waals surface area contributed by atoms with Crippen LogP contribution < -0.4 is 5.32 Å². The van der Waals surface area contributed by atoms with Gasteiger partial charge in [0, 0.05) is 5.56 Å². The van der Waals surface area contributed by atoms with Crippen molar-refractivity contribution < 1.29 is 26.7 Å². The van der Waals surface area contributed by atoms with E-state index in [1.165, 1.54) is 12.1 Å². The van der Waals surface area contributed by atoms with E-state index in [1.54, 1.807) is 0 Å². The maximum absolute atomic E-state index is 13.6. The molecule has 3 nitrogen and oxygen atoms in total. The van der Waals surface area contributed by atoms with Gasteiger partial charge in [-0.2, -0.15) is 18.4 Å². The second-order valence-corrected chi connectivity index (χ2v) is 4.80. The average molecular weight is 352 g/mol. The standard InChI is InChI=1S/C17H9F5N2O/c18-13-5-3-6-14(19)11(13)8-10(9-23)16(25)24-15-7-2-1-4-12(15)17(20,21)22/h1-8H,(H,24,25)/b10-8+. The van der Waals surface area contributed by atoms with Crippen LogP contribution in [-0.2, 0) is 11.0 Å². The lowest BCUT2D eigenvalue weighted by atomic mass is 10.1. The second-order valence-electron chi connectivity index (χ2n) is 4.80. The summed E-state index contributed by atoms with van der Waals surface area (Å²) in [6, 6.07) is 8.49. The zero-order valence-electron chi connectivity index (χ0n) is 12.4. The van der Waals surface area contributed by atoms with Gasteiger partial charge in [0.1, 0.15) is 23.3 Å². The SMILES string of the molecule is N#C/C(=C\c1c(F)cccc1F)C(=O)Nc1ccccc1C(F)(F)F. The molecule has 0 heterocycles. The first-order valence-corrected chi connectivity index (χ1v) is 6.77. The Bertz CT molecular complexity index is 861. The van der Waals surface area contributed by atoms with E-state index in [0.29, 0.717) is 6.08 Å². The van der Waals surface area contributed by atoms with Gasteiger partial charge in [-0.05, 0) is 30.3 Å². The van der Waals surface area contributed by atoms with E-state index in [-0.39, 0.29) is 0 Å². The van der Waals surface area contributed by atoms with E-state index in [1.807, 2.05) is 5.32 Å². The summed E-state index contributed by atoms with van der Waals surface area (Å²) >= 11 is 0. The van der Waals surface area contributed by atoms with Crippen LogP contribution >= 0.6 is 0 Å². The van der Waals surface area contributed by atoms with Gasteiger partial charge in [0.15, 0.2) is 0 Å². The predicted molar refractivity (Wildman–Crippen MR) is 80.0 cm³/mol. The number of nitriles is 1. The van der Waals surface area contributed by atoms with Crippen LogP contribution in [0.25, 0.3) is 6.08 Å². The Morgan fingerprint density at radius 2 is 1.64 bits per heavy atom. The van der Waals surface area contributed by atoms with Crippen LogP contribution in [0, 0.1) is 23.0 Å². The van der Waals surface area contributed by atoms with Crippen LogP contribution in [0.5, 0.6) is 0 Å². The van der Waals surface area contributed by atoms with Crippen molar-refractivity contribution in [2.75, 3.05) is 5.32 Å². The lowest BCUT2D eigenvalue weighted by Crippen LogP contribution is -2.17. The Labute approximate surface area is 139 Å². The maximum atomic E-state index is 13.6. The Balaban J connectivity index is 2.38. The normalized spacial score (nSPS) is 11.8. The summed E-state index contributed by atoms with van der Waals surface area (Å²) < 4.78 is 65.9. The lowest BCUT2D eigenvalue weighted by molar-refractivity contribution is -0.137. The molecule has 0 radical (unpaired) electrons. The number of halogens is 5. The fourth-order valence-electron chi connectivity index (χ4n) is 1.97. The highest BCUT2D eigenvalue weighted by molar-refractivity contribution is 6.10. The van der Waals surface area contributed by atoms with Gasteiger partial charge < -0.3 is 5.32 Å². The van der Waals surface area contributed by atoms with Crippen LogP contribution in [0.3, 0.4) is 0 Å². The van der Waals surface area contributed by atoms with E-state index in [9.17, 15) is 26.7 Å². The molecule has 8 heteroatoms. The van der Waals surface area contributed by atoms with E-state index in [0.717, 1.165) is 36.4 Å². The summed E-state index contributed by atoms with van der Waals surface area (Å²) in [6.07, 6.45) is -4.09. The number of hydrogen-bond acceptors (Lipinski definition) is 2. The first kappa shape index (κ1) is 18.1. The molecule has 2 aromatic carbocycles. The van der Waals surface area contributed by atoms with Crippen molar-refractivity contribution in [1.29, 1.82) is 5.26 Å². The fourth-order valence-corrected chi connectivity index (χ4v) is 1.97. The smallest absolute Gasteiger partial charge is 0.321 e. The molecule has 0 saturated carbocycles. The minimum absolute atomic E-state index is 0.574. The minimum Gasteiger partial charge on any atom is -0.321 e. The summed E-state index contributed by atoms with van der Waals surface area (Å²) in [4.78, 5) is 12.0. The summed E-state index contributed by atoms with van der Waals surface area (Å²) in [5.74, 6) is -3.26. The van der Waals surface area contributed by atoms with Crippen molar-refractivity contribution in [3.8, 4) is 6.07 Å². The summed E-state index contributed by atoms with van der Waals surface area (Å²) in [5, 5.41) is 10.9. The van der Waals surface area contributed by atoms with Crippen LogP contribution in [0.2, 0.25) is 0 Å². The number of para-hydroxylation sites is 1. The predicted octanol–water partition coefficient (Wildman–Crippen LogP) is 4.53. The van der Waals surface area contributed by atoms with E-state index in [4.69, 9.17) is 5.26 Å². The molecule has 0 unspecified atom stereocenters. The number of rotatable bonds is 3. The van der Waals surface area contributed by atoms with Crippen LogP contribution in [0.1, 0.15) is 11.1 Å². The number of amides is 1. The quantitative estimate of drug-likeness (QED) is 0.501. The van der Waals surface area contributed by atoms with Crippen molar-refractivity contribution in [1.82, 2.24) is 0 Å². The molecule has 128 valence electrons. The van der Waals surface area contributed by atoms with Crippen molar-refractivity contribution in [2.24, 2.45) is 0 Å². The Hall–Kier alpha value is -3.21. The van der Waals surface area contributed by atoms with Crippen LogP contribution in [0.4, 0.5) is 27.6 Å². The molecule has 0 saturated heterocycles. The summed E-state index contributed by atoms with van der Waals surface area (Å²) in [7, 11) is 0. The molecular weight excluding hydrogens is 343 g/mol. The van der Waals surface area contributed by atoms with Crippen LogP contribution in [0.15, 0.2) is 48.0 Å². The van der Waals surface area contributed by atoms with Gasteiger partial charge in [-0.3, -0.25) is 4.79 Å². The molecule has 0 aliphatic rings. The van der Waals surface area contributed by atoms with Gasteiger partial charge >= 0.3 is 6.18 Å². The molecule has 0 aromatic heterocycles. The highest BCUT2D eigenvalue weighted by Crippen LogP contribution is 2.34. The largest absolute Gasteiger partial charge is 0.418 e. The first-order chi connectivity index (χ1) is 11.7. The van der Waals surface area contributed by atoms with Gasteiger partial charge in [-0.25, -0.2) is 8.78 Å². The third-order valence-corrected chi connectivity index (χ3v) is 3.13. The molecule has 1 amide bonds. The zero-order valence-corrected chi connectivity index (χ0v) is 12.4. The molecule has 0 atom stereocenters. The third kappa shape index (κ3) is 4.20. The molecular formula is C17H9F5N2O. The number of anilines is 1. The Kier molecular flexibility index (Phi) is 5.17. The zero-order chi connectivity index (χ0) is 18.6. The Morgan fingerprint density at radius 3 is 2.20 bits per heavy atom. The number of benzene rings is 2. The summed E-state index contributed by atoms with van der Waals surface area (Å²) in [5.41, 5.74) is -3.08. The molecule has 0 aliphatic carbocycles. The van der Waals surface area contributed by atoms with Crippen molar-refractivity contribution >= 4 is 17.7 Å². The molecule has 0 spiro atoms. The van der Waals surface area contributed by atoms with Gasteiger partial charge in [-0.15, -0.1) is 0 Å². The fraction of sp³-hybridized carbons (Fsp3) is 0.0588. The highest BCUT2D eigenvalue weighted by Gasteiger charge is 2.33. The van der Waals surface area contributed by atoms with Gasteiger partial charge in [-0.1, -0.05) is 18.2 Å². The first-order valence-electron chi connectivity index (χ1n) is 6.77. The molecule has 2 aromatic rings. The van der Waals surface area contributed by atoms with Gasteiger partial charge in [0.05, 0.1) is 11.3 Å². The number of hydrogen-bond donors (Lipinski definition) is 1. The van der Waals surface area contributed by atoms with Crippen LogP contribution in [-0.4, -0.2) is 5.91 Å². The Morgan fingerprint density at radius 1 is 1.04 bits per heavy atom. The molecule has 0 fully saturated rings. The van der Waals surface area contributed by atoms with Crippen molar-refractivity contribution in [2.45, 2.75) is 6.18 Å². The summed E-state index contributed by atoms with van der Waals surface area (Å²) in [6.45, 7) is 0. The monoisotopic (exact) mass is 352 g/mol. The molecule has 25 heavy (non-hydrogen) atoms. The molecule has 0 bridgehead atoms. The number of alkyl halides is 3. The minimum atomic E-state index is -4.72. The number of nitrogens with one attached hydrogen (secondary N) is 1. The van der Waals surface area contributed by atoms with E-state index >= 15 is 0 Å². The van der Waals surface area contributed by atoms with Crippen molar-refractivity contribution in [3.05, 3.63) is 70.8 Å². The number of carbonyl (C=O) groups excluding carboxylic acids is 1. The van der Waals surface area contributed by atoms with Gasteiger partial charge in [0.2, 0.25) is 0 Å². The molecule has 1 N–H and O–H groups in total. The number of carbonyl (C=O) groups is 1. The molecule has 2 rings (SSSR count). The molecule has 0 aliphatic heterocycles. The highest BCUT2D eigenvalue weighted by atomic mass is 19.4. The maximum Gasteiger partial charge on any atom is 0.418 e. The topological polar surface area (TPSA) is 52.9 Å². The second kappa shape index (κ2) is 7.13. The third-order valence-electron chi connectivity index (χ3n) is 3.13. The van der Waals surface area contributed by atoms with E-state index in [2.05, 4.69) is 0 Å². The number of nitrogens with zero attached hydrogens (tertiary/aromatic N) is 1. The van der Waals surface area contributed by atoms with E-state index < -0.39 is 46.1 Å². The average Bonchev–Trinajstić information content (AvgIpc) is 2.54. The van der Waals surface area contributed by atoms with Gasteiger partial charge in [0.25, 0.3) is 5.91 Å². The lowest BCUT2D eigenvalue weighted by Gasteiger charge is -2.13. The van der Waals surface area contributed by atoms with Crippen molar-refractivity contribution in [3.63, 3.8) is 0 Å².